The van der Waals surface area contributed by atoms with Gasteiger partial charge >= 0.3 is 6.85 Å². The number of fused-ring (bicyclic) bond motifs is 7. The van der Waals surface area contributed by atoms with Gasteiger partial charge in [-0.3, -0.25) is 0 Å². The Kier molecular flexibility index (Phi) is 12.7. The minimum atomic E-state index is -0.666. The Morgan fingerprint density at radius 2 is 0.919 bits per heavy atom. The fourth-order valence-corrected chi connectivity index (χ4v) is 15.2. The Morgan fingerprint density at radius 3 is 1.47 bits per heavy atom. The first kappa shape index (κ1) is 55.5. The van der Waals surface area contributed by atoms with E-state index in [4.69, 9.17) is 0 Å². The molecule has 0 unspecified atom stereocenters. The van der Waals surface area contributed by atoms with E-state index in [2.05, 4.69) is 330 Å². The van der Waals surface area contributed by atoms with Crippen LogP contribution < -0.4 is 25.5 Å². The minimum absolute atomic E-state index is 0.0147. The first-order valence-electron chi connectivity index (χ1n) is 31.5. The van der Waals surface area contributed by atoms with Crippen molar-refractivity contribution in [2.45, 2.75) is 142 Å². The van der Waals surface area contributed by atoms with E-state index in [0.29, 0.717) is 0 Å². The summed E-state index contributed by atoms with van der Waals surface area (Å²) in [5.74, 6) is 0. The predicted molar refractivity (Wildman–Crippen MR) is 368 cm³/mol. The van der Waals surface area contributed by atoms with E-state index in [1.165, 1.54) is 117 Å². The lowest BCUT2D eigenvalue weighted by Crippen LogP contribution is -2.62. The molecule has 10 aromatic carbocycles. The molecule has 0 radical (unpaired) electrons. The molecule has 0 fully saturated rings. The maximum Gasteiger partial charge on any atom is 0.333 e. The summed E-state index contributed by atoms with van der Waals surface area (Å²) < 4.78 is 0. The van der Waals surface area contributed by atoms with Crippen LogP contribution >= 0.6 is 0 Å². The Morgan fingerprint density at radius 1 is 0.407 bits per heavy atom. The maximum absolute atomic E-state index is 2.76. The molecule has 0 bridgehead atoms. The Balaban J connectivity index is 1.12. The highest BCUT2D eigenvalue weighted by molar-refractivity contribution is 6.93. The predicted octanol–water partition coefficient (Wildman–Crippen LogP) is 20.8. The third kappa shape index (κ3) is 8.66. The number of nitrogens with zero attached hydrogens (tertiary/aromatic N) is 3. The quantitative estimate of drug-likeness (QED) is 0.147. The van der Waals surface area contributed by atoms with Crippen molar-refractivity contribution < 1.29 is 0 Å². The number of benzene rings is 10. The number of hydrogen-bond donors (Lipinski definition) is 0. The number of anilines is 8. The molecule has 0 amide bonds. The van der Waals surface area contributed by atoms with Crippen LogP contribution in [-0.2, 0) is 32.5 Å². The Hall–Kier alpha value is -8.34. The van der Waals surface area contributed by atoms with Crippen LogP contribution in [0.5, 0.6) is 0 Å². The monoisotopic (exact) mass is 1120 g/mol. The molecule has 0 aromatic heterocycles. The van der Waals surface area contributed by atoms with Gasteiger partial charge in [-0.15, -0.1) is 0 Å². The summed E-state index contributed by atoms with van der Waals surface area (Å²) in [4.78, 5) is 7.95. The summed E-state index contributed by atoms with van der Waals surface area (Å²) in [6, 6.07) is 85.2. The van der Waals surface area contributed by atoms with E-state index in [9.17, 15) is 0 Å². The first-order chi connectivity index (χ1) is 40.9. The number of hydrogen-bond acceptors (Lipinski definition) is 3. The van der Waals surface area contributed by atoms with Gasteiger partial charge in [0.15, 0.2) is 0 Å². The van der Waals surface area contributed by atoms with Gasteiger partial charge in [-0.2, -0.15) is 0 Å². The molecule has 4 heteroatoms. The van der Waals surface area contributed by atoms with Gasteiger partial charge in [-0.05, 0) is 203 Å². The molecule has 0 spiro atoms. The fourth-order valence-electron chi connectivity index (χ4n) is 15.2. The summed E-state index contributed by atoms with van der Waals surface area (Å²) in [5, 5.41) is 0. The SMILES string of the molecule is Cc1ccccc1-c1cc2c3c(c1)N1c4cc5c(cc4C(c4ccccc4)(c4ccccc4)c4cccc(c41)B3N(c1ccc(C(C)(C)C)cc1)c1ccc(N(c3ccc(C(C)(C)C)cc3)c3ccc(C(C)(C)C)cc3)cc1-2)C(C)(C)CCC5(C)C. The Bertz CT molecular complexity index is 4190. The zero-order chi connectivity index (χ0) is 60.0. The highest BCUT2D eigenvalue weighted by Crippen LogP contribution is 2.62. The molecule has 1 aliphatic carbocycles. The lowest BCUT2D eigenvalue weighted by Gasteiger charge is -2.53. The van der Waals surface area contributed by atoms with E-state index < -0.39 is 5.41 Å². The molecule has 3 aliphatic heterocycles. The summed E-state index contributed by atoms with van der Waals surface area (Å²) in [6.45, 7) is 32.8. The van der Waals surface area contributed by atoms with Crippen molar-refractivity contribution in [3.63, 3.8) is 0 Å². The van der Waals surface area contributed by atoms with Gasteiger partial charge in [0.25, 0.3) is 0 Å². The van der Waals surface area contributed by atoms with E-state index in [1.54, 1.807) is 0 Å². The molecule has 86 heavy (non-hydrogen) atoms. The highest BCUT2D eigenvalue weighted by atomic mass is 15.2. The van der Waals surface area contributed by atoms with Crippen molar-refractivity contribution in [1.82, 2.24) is 0 Å². The maximum atomic E-state index is 2.76. The van der Waals surface area contributed by atoms with E-state index >= 15 is 0 Å². The van der Waals surface area contributed by atoms with Gasteiger partial charge in [0.2, 0.25) is 0 Å². The second-order valence-electron chi connectivity index (χ2n) is 29.7. The van der Waals surface area contributed by atoms with Crippen LogP contribution in [0, 0.1) is 6.92 Å². The van der Waals surface area contributed by atoms with E-state index in [1.807, 2.05) is 0 Å². The van der Waals surface area contributed by atoms with Crippen molar-refractivity contribution in [2.24, 2.45) is 0 Å². The normalized spacial score (nSPS) is 15.9. The van der Waals surface area contributed by atoms with Gasteiger partial charge in [0.1, 0.15) is 0 Å². The molecule has 0 saturated carbocycles. The average Bonchev–Trinajstić information content (AvgIpc) is 0.697. The van der Waals surface area contributed by atoms with Crippen LogP contribution in [0.1, 0.15) is 158 Å². The van der Waals surface area contributed by atoms with Crippen molar-refractivity contribution in [1.29, 1.82) is 0 Å². The largest absolute Gasteiger partial charge is 0.376 e. The van der Waals surface area contributed by atoms with Crippen molar-refractivity contribution in [3.8, 4) is 22.3 Å². The first-order valence-corrected chi connectivity index (χ1v) is 31.5. The molecule has 428 valence electrons. The molecule has 14 rings (SSSR count). The van der Waals surface area contributed by atoms with Crippen LogP contribution in [-0.4, -0.2) is 6.85 Å². The lowest BCUT2D eigenvalue weighted by atomic mass is 9.42. The Labute approximate surface area is 513 Å². The standard InChI is InChI=1S/C82H82BN3/c1-53-24-21-22-29-64(53)54-48-66-65-50-63(84(60-38-32-55(33-39-60)77(2,3)4)61-40-34-56(35-41-61)78(5,6)7)44-45-72(65)86(62-42-36-57(37-43-62)79(8,9)10)83-71-31-23-30-67-76(71)85(74(49-54)75(66)83)73-52-69-68(80(11,12)46-47-81(69,13)14)51-70(73)82(67,58-25-17-15-18-26-58)59-27-19-16-20-28-59/h15-45,48-52H,46-47H2,1-14H3. The van der Waals surface area contributed by atoms with Crippen LogP contribution in [0.25, 0.3) is 22.3 Å². The topological polar surface area (TPSA) is 9.72 Å². The summed E-state index contributed by atoms with van der Waals surface area (Å²) in [7, 11) is 0. The van der Waals surface area contributed by atoms with Crippen LogP contribution in [0.4, 0.5) is 45.5 Å². The molecular formula is C82H82BN3. The van der Waals surface area contributed by atoms with Crippen LogP contribution in [0.2, 0.25) is 0 Å². The number of para-hydroxylation sites is 1. The second-order valence-corrected chi connectivity index (χ2v) is 29.7. The molecule has 0 N–H and O–H groups in total. The summed E-state index contributed by atoms with van der Waals surface area (Å²) in [5.41, 5.74) is 29.6. The molecule has 0 atom stereocenters. The second kappa shape index (κ2) is 19.6. The lowest BCUT2D eigenvalue weighted by molar-refractivity contribution is 0.331. The minimum Gasteiger partial charge on any atom is -0.376 e. The molecule has 0 saturated heterocycles. The molecule has 3 heterocycles. The molecular weight excluding hydrogens is 1040 g/mol. The number of aryl methyl sites for hydroxylation is 1. The molecule has 3 nitrogen and oxygen atoms in total. The third-order valence-corrected chi connectivity index (χ3v) is 20.2. The van der Waals surface area contributed by atoms with Gasteiger partial charge in [-0.1, -0.05) is 236 Å². The van der Waals surface area contributed by atoms with Crippen LogP contribution in [0.3, 0.4) is 0 Å². The third-order valence-electron chi connectivity index (χ3n) is 20.2. The average molecular weight is 1120 g/mol. The van der Waals surface area contributed by atoms with Gasteiger partial charge in [-0.25, -0.2) is 0 Å². The fraction of sp³-hybridized carbons (Fsp3) is 0.268. The zero-order valence-electron chi connectivity index (χ0n) is 53.1. The van der Waals surface area contributed by atoms with Gasteiger partial charge in [0, 0.05) is 45.4 Å². The molecule has 10 aromatic rings. The van der Waals surface area contributed by atoms with Crippen LogP contribution in [0.15, 0.2) is 218 Å². The number of rotatable bonds is 7. The van der Waals surface area contributed by atoms with Gasteiger partial charge in [0.05, 0.1) is 11.1 Å². The van der Waals surface area contributed by atoms with E-state index in [-0.39, 0.29) is 33.9 Å². The van der Waals surface area contributed by atoms with Gasteiger partial charge < -0.3 is 14.6 Å². The summed E-state index contributed by atoms with van der Waals surface area (Å²) in [6.07, 6.45) is 2.25. The van der Waals surface area contributed by atoms with Crippen molar-refractivity contribution in [3.05, 3.63) is 274 Å². The summed E-state index contributed by atoms with van der Waals surface area (Å²) >= 11 is 0. The zero-order valence-corrected chi connectivity index (χ0v) is 53.1. The van der Waals surface area contributed by atoms with Crippen molar-refractivity contribution in [2.75, 3.05) is 14.6 Å². The van der Waals surface area contributed by atoms with Crippen molar-refractivity contribution >= 4 is 63.3 Å². The molecule has 4 aliphatic rings. The smallest absolute Gasteiger partial charge is 0.333 e. The highest BCUT2D eigenvalue weighted by Gasteiger charge is 2.54. The van der Waals surface area contributed by atoms with E-state index in [0.717, 1.165) is 29.9 Å².